The molecule has 0 aromatic heterocycles. The predicted molar refractivity (Wildman–Crippen MR) is 47.8 cm³/mol. The van der Waals surface area contributed by atoms with Crippen LogP contribution in [0.25, 0.3) is 0 Å². The number of fused-ring (bicyclic) bond motifs is 1. The number of carbonyl (C=O) groups is 2. The zero-order valence-corrected chi connectivity index (χ0v) is 7.76. The van der Waals surface area contributed by atoms with Crippen LogP contribution >= 0.6 is 0 Å². The molecule has 0 spiro atoms. The average Bonchev–Trinajstić information content (AvgIpc) is 2.66. The van der Waals surface area contributed by atoms with Gasteiger partial charge in [0, 0.05) is 7.05 Å². The highest BCUT2D eigenvalue weighted by molar-refractivity contribution is 6.67. The first kappa shape index (κ1) is 9.40. The van der Waals surface area contributed by atoms with Crippen LogP contribution in [0.5, 0.6) is 0 Å². The Hall–Kier alpha value is -2.16. The van der Waals surface area contributed by atoms with E-state index in [0.29, 0.717) is 0 Å². The van der Waals surface area contributed by atoms with Gasteiger partial charge in [0.2, 0.25) is 0 Å². The number of nitrogens with one attached hydrogen (secondary N) is 2. The van der Waals surface area contributed by atoms with E-state index in [0.717, 1.165) is 5.01 Å². The second-order valence-corrected chi connectivity index (χ2v) is 2.89. The first-order valence-corrected chi connectivity index (χ1v) is 4.03. The van der Waals surface area contributed by atoms with Crippen LogP contribution in [0.15, 0.2) is 10.1 Å². The first-order chi connectivity index (χ1) is 7.15. The first-order valence-electron chi connectivity index (χ1n) is 4.03. The van der Waals surface area contributed by atoms with Gasteiger partial charge in [0.05, 0.1) is 0 Å². The molecule has 9 heteroatoms. The summed E-state index contributed by atoms with van der Waals surface area (Å²) in [4.78, 5) is 27.6. The lowest BCUT2D eigenvalue weighted by molar-refractivity contribution is -0.122. The maximum absolute atomic E-state index is 11.5. The van der Waals surface area contributed by atoms with Gasteiger partial charge in [-0.05, 0) is 0 Å². The quantitative estimate of drug-likeness (QED) is 0.348. The van der Waals surface area contributed by atoms with Crippen molar-refractivity contribution in [3.63, 3.8) is 0 Å². The Kier molecular flexibility index (Phi) is 2.01. The molecule has 0 atom stereocenters. The lowest BCUT2D eigenvalue weighted by Crippen LogP contribution is -2.54. The molecule has 0 saturated heterocycles. The van der Waals surface area contributed by atoms with Crippen molar-refractivity contribution in [2.75, 3.05) is 13.7 Å². The molecule has 0 radical (unpaired) electrons. The number of hydrazone groups is 1. The Bertz CT molecular complexity index is 388. The van der Waals surface area contributed by atoms with E-state index in [2.05, 4.69) is 15.6 Å². The third-order valence-electron chi connectivity index (χ3n) is 1.98. The fraction of sp³-hybridized carbons (Fsp3) is 0.333. The third kappa shape index (κ3) is 1.29. The average molecular weight is 212 g/mol. The van der Waals surface area contributed by atoms with Gasteiger partial charge in [-0.2, -0.15) is 0 Å². The normalized spacial score (nSPS) is 19.2. The summed E-state index contributed by atoms with van der Waals surface area (Å²) in [5.74, 6) is -0.694. The second-order valence-electron chi connectivity index (χ2n) is 2.89. The molecule has 0 aliphatic carbocycles. The molecule has 0 saturated carbocycles. The monoisotopic (exact) mass is 212 g/mol. The van der Waals surface area contributed by atoms with Gasteiger partial charge in [-0.3, -0.25) is 19.9 Å². The smallest absolute Gasteiger partial charge is 0.288 e. The number of hydrazine groups is 1. The fourth-order valence-electron chi connectivity index (χ4n) is 1.24. The summed E-state index contributed by atoms with van der Waals surface area (Å²) in [6, 6.07) is -0.371. The maximum atomic E-state index is 11.5. The summed E-state index contributed by atoms with van der Waals surface area (Å²) in [5, 5.41) is 13.4. The van der Waals surface area contributed by atoms with Gasteiger partial charge in [0.25, 0.3) is 5.91 Å². The van der Waals surface area contributed by atoms with Crippen LogP contribution in [0, 0.1) is 0 Å². The van der Waals surface area contributed by atoms with Gasteiger partial charge in [-0.25, -0.2) is 20.8 Å². The Morgan fingerprint density at radius 3 is 3.07 bits per heavy atom. The molecular weight excluding hydrogens is 204 g/mol. The number of hydroxylamine groups is 1. The lowest BCUT2D eigenvalue weighted by atomic mass is 10.3. The molecule has 0 aromatic carbocycles. The molecule has 0 unspecified atom stereocenters. The van der Waals surface area contributed by atoms with Crippen molar-refractivity contribution in [1.29, 1.82) is 0 Å². The van der Waals surface area contributed by atoms with Crippen LogP contribution in [0.4, 0.5) is 4.79 Å². The summed E-state index contributed by atoms with van der Waals surface area (Å²) in [6.07, 6.45) is 0. The summed E-state index contributed by atoms with van der Waals surface area (Å²) in [7, 11) is 1.49. The van der Waals surface area contributed by atoms with Crippen molar-refractivity contribution in [3.8, 4) is 0 Å². The van der Waals surface area contributed by atoms with Crippen molar-refractivity contribution in [2.24, 2.45) is 10.1 Å². The van der Waals surface area contributed by atoms with Crippen LogP contribution < -0.4 is 11.0 Å². The molecule has 2 rings (SSSR count). The minimum Gasteiger partial charge on any atom is -0.288 e. The Morgan fingerprint density at radius 2 is 2.40 bits per heavy atom. The Balaban J connectivity index is 2.28. The van der Waals surface area contributed by atoms with Crippen molar-refractivity contribution in [1.82, 2.24) is 20.9 Å². The topological polar surface area (TPSA) is 110 Å². The molecule has 0 fully saturated rings. The van der Waals surface area contributed by atoms with Crippen molar-refractivity contribution < 1.29 is 14.8 Å². The van der Waals surface area contributed by atoms with Crippen LogP contribution in [0.3, 0.4) is 0 Å². The van der Waals surface area contributed by atoms with E-state index in [1.807, 2.05) is 0 Å². The van der Waals surface area contributed by atoms with Gasteiger partial charge in [0.1, 0.15) is 6.67 Å². The largest absolute Gasteiger partial charge is 0.346 e. The summed E-state index contributed by atoms with van der Waals surface area (Å²) in [5.41, 5.74) is 3.76. The van der Waals surface area contributed by atoms with Crippen LogP contribution in [0.2, 0.25) is 0 Å². The zero-order valence-electron chi connectivity index (χ0n) is 7.76. The van der Waals surface area contributed by atoms with Crippen LogP contribution in [-0.2, 0) is 4.79 Å². The van der Waals surface area contributed by atoms with E-state index in [9.17, 15) is 9.59 Å². The van der Waals surface area contributed by atoms with Gasteiger partial charge in [-0.15, -0.1) is 5.10 Å². The number of amides is 3. The standard InChI is InChI=1S/C6H8N6O3/c1-11-6(14)12-2-7-3(5(13)9-15)4(12)8-10-11/h10,15H,2H2,1H3,(H,9,13). The molecule has 0 bridgehead atoms. The highest BCUT2D eigenvalue weighted by Crippen LogP contribution is 2.10. The van der Waals surface area contributed by atoms with Crippen molar-refractivity contribution in [3.05, 3.63) is 0 Å². The predicted octanol–water partition coefficient (Wildman–Crippen LogP) is -1.91. The van der Waals surface area contributed by atoms with E-state index >= 15 is 0 Å². The summed E-state index contributed by atoms with van der Waals surface area (Å²) < 4.78 is 0. The number of rotatable bonds is 1. The molecular formula is C6H8N6O3. The van der Waals surface area contributed by atoms with E-state index in [4.69, 9.17) is 5.21 Å². The summed E-state index contributed by atoms with van der Waals surface area (Å²) in [6.45, 7) is 0.0203. The van der Waals surface area contributed by atoms with Gasteiger partial charge < -0.3 is 0 Å². The SMILES string of the molecule is CN1NN=C2C(C(=O)NO)=NCN2C1=O. The number of hydrogen-bond donors (Lipinski definition) is 3. The van der Waals surface area contributed by atoms with Crippen molar-refractivity contribution >= 4 is 23.5 Å². The highest BCUT2D eigenvalue weighted by Gasteiger charge is 2.37. The third-order valence-corrected chi connectivity index (χ3v) is 1.98. The van der Waals surface area contributed by atoms with Crippen LogP contribution in [-0.4, -0.2) is 52.3 Å². The minimum absolute atomic E-state index is 0.0203. The number of nitrogens with zero attached hydrogens (tertiary/aromatic N) is 4. The number of hydrogen-bond acceptors (Lipinski definition) is 6. The Labute approximate surface area is 84.0 Å². The lowest BCUT2D eigenvalue weighted by Gasteiger charge is -2.27. The Morgan fingerprint density at radius 1 is 1.67 bits per heavy atom. The molecule has 15 heavy (non-hydrogen) atoms. The molecule has 3 amide bonds. The fourth-order valence-corrected chi connectivity index (χ4v) is 1.24. The van der Waals surface area contributed by atoms with Crippen LogP contribution in [0.1, 0.15) is 0 Å². The molecule has 2 aliphatic heterocycles. The molecule has 9 nitrogen and oxygen atoms in total. The minimum atomic E-state index is -0.796. The molecule has 80 valence electrons. The van der Waals surface area contributed by atoms with Gasteiger partial charge >= 0.3 is 6.03 Å². The van der Waals surface area contributed by atoms with E-state index in [1.54, 1.807) is 0 Å². The number of urea groups is 1. The summed E-state index contributed by atoms with van der Waals surface area (Å²) >= 11 is 0. The molecule has 2 aliphatic rings. The van der Waals surface area contributed by atoms with E-state index in [-0.39, 0.29) is 24.2 Å². The van der Waals surface area contributed by atoms with Gasteiger partial charge in [0.15, 0.2) is 11.5 Å². The highest BCUT2D eigenvalue weighted by atomic mass is 16.5. The number of carbonyl (C=O) groups excluding carboxylic acids is 2. The molecule has 2 heterocycles. The second kappa shape index (κ2) is 3.20. The van der Waals surface area contributed by atoms with E-state index in [1.165, 1.54) is 17.4 Å². The molecule has 3 N–H and O–H groups in total. The van der Waals surface area contributed by atoms with E-state index < -0.39 is 5.91 Å². The van der Waals surface area contributed by atoms with Gasteiger partial charge in [-0.1, -0.05) is 0 Å². The number of amidine groups is 1. The van der Waals surface area contributed by atoms with Crippen molar-refractivity contribution in [2.45, 2.75) is 0 Å². The molecule has 0 aromatic rings. The zero-order chi connectivity index (χ0) is 11.0. The number of aliphatic imine (C=N–C) groups is 1. The maximum Gasteiger partial charge on any atom is 0.346 e.